The van der Waals surface area contributed by atoms with Crippen molar-refractivity contribution >= 4 is 10.0 Å². The third-order valence-electron chi connectivity index (χ3n) is 1.50. The number of aliphatic hydroxyl groups is 2. The normalized spacial score (nSPS) is 13.2. The van der Waals surface area contributed by atoms with E-state index in [1.54, 1.807) is 6.92 Å². The molecule has 5 nitrogen and oxygen atoms in total. The molecule has 0 rings (SSSR count). The average Bonchev–Trinajstić information content (AvgIpc) is 2.03. The third-order valence-corrected chi connectivity index (χ3v) is 3.15. The van der Waals surface area contributed by atoms with Gasteiger partial charge in [-0.05, 0) is 6.42 Å². The van der Waals surface area contributed by atoms with E-state index in [0.717, 1.165) is 0 Å². The molecule has 0 fully saturated rings. The Labute approximate surface area is 78.8 Å². The molecule has 80 valence electrons. The van der Waals surface area contributed by atoms with Crippen LogP contribution in [-0.2, 0) is 10.0 Å². The summed E-state index contributed by atoms with van der Waals surface area (Å²) in [4.78, 5) is 0. The average molecular weight is 210 g/mol. The first-order valence-electron chi connectivity index (χ1n) is 4.07. The van der Waals surface area contributed by atoms with Crippen LogP contribution in [0.1, 0.15) is 20.3 Å². The second-order valence-corrected chi connectivity index (χ2v) is 4.95. The van der Waals surface area contributed by atoms with Gasteiger partial charge in [0.2, 0.25) is 0 Å². The topological polar surface area (TPSA) is 88.7 Å². The molecule has 0 aromatic rings. The lowest BCUT2D eigenvalue weighted by atomic mass is 10.1. The van der Waals surface area contributed by atoms with Crippen molar-refractivity contribution in [2.24, 2.45) is 0 Å². The highest BCUT2D eigenvalue weighted by Crippen LogP contribution is 2.20. The molecule has 13 heavy (non-hydrogen) atoms. The molecule has 2 N–H and O–H groups in total. The van der Waals surface area contributed by atoms with Gasteiger partial charge < -0.3 is 14.9 Å². The fourth-order valence-corrected chi connectivity index (χ4v) is 2.14. The van der Waals surface area contributed by atoms with E-state index >= 15 is 0 Å². The third kappa shape index (κ3) is 4.56. The van der Waals surface area contributed by atoms with Crippen LogP contribution in [0.3, 0.4) is 0 Å². The van der Waals surface area contributed by atoms with Gasteiger partial charge in [0.15, 0.2) is 0 Å². The van der Waals surface area contributed by atoms with Crippen LogP contribution in [0, 0.1) is 0 Å². The van der Waals surface area contributed by atoms with Gasteiger partial charge in [0.05, 0.1) is 10.0 Å². The predicted molar refractivity (Wildman–Crippen MR) is 50.0 cm³/mol. The van der Waals surface area contributed by atoms with Gasteiger partial charge in [0, 0.05) is 19.0 Å². The maximum absolute atomic E-state index is 11.2. The summed E-state index contributed by atoms with van der Waals surface area (Å²) in [7, 11) is -3.51. The lowest BCUT2D eigenvalue weighted by molar-refractivity contribution is 0.156. The molecule has 0 bridgehead atoms. The highest BCUT2D eigenvalue weighted by Gasteiger charge is 2.15. The first-order chi connectivity index (χ1) is 5.89. The van der Waals surface area contributed by atoms with Crippen LogP contribution in [0.5, 0.6) is 0 Å². The van der Waals surface area contributed by atoms with E-state index in [1.165, 1.54) is 6.92 Å². The molecule has 0 radical (unpaired) electrons. The van der Waals surface area contributed by atoms with Crippen LogP contribution in [0.2, 0.25) is 0 Å². The second kappa shape index (κ2) is 4.90. The zero-order valence-electron chi connectivity index (χ0n) is 7.89. The number of sulfonamides is 1. The van der Waals surface area contributed by atoms with Crippen LogP contribution in [-0.4, -0.2) is 43.1 Å². The van der Waals surface area contributed by atoms with Crippen molar-refractivity contribution in [3.8, 4) is 0 Å². The molecular formula is C7H16NO4S-. The minimum atomic E-state index is -3.51. The summed E-state index contributed by atoms with van der Waals surface area (Å²) in [5, 5.41) is 17.6. The quantitative estimate of drug-likeness (QED) is 0.637. The standard InChI is InChI=1S/C7H16NO4S/c1-3-4-13(11,12)8-7(2,5-9)6-10/h9-10H,3-6H2,1-2H3/q-1. The SMILES string of the molecule is CCCS(=O)(=O)[N-]C(C)(CO)CO. The number of nitrogens with zero attached hydrogens (tertiary/aromatic N) is 1. The zero-order valence-corrected chi connectivity index (χ0v) is 8.71. The summed E-state index contributed by atoms with van der Waals surface area (Å²) < 4.78 is 25.8. The molecule has 0 heterocycles. The summed E-state index contributed by atoms with van der Waals surface area (Å²) in [5.41, 5.74) is -1.28. The molecule has 0 aromatic carbocycles. The molecule has 0 aliphatic rings. The van der Waals surface area contributed by atoms with Crippen LogP contribution >= 0.6 is 0 Å². The highest BCUT2D eigenvalue weighted by molar-refractivity contribution is 7.94. The summed E-state index contributed by atoms with van der Waals surface area (Å²) >= 11 is 0. The zero-order chi connectivity index (χ0) is 10.5. The Morgan fingerprint density at radius 3 is 2.08 bits per heavy atom. The monoisotopic (exact) mass is 210 g/mol. The van der Waals surface area contributed by atoms with Crippen LogP contribution in [0.25, 0.3) is 4.72 Å². The van der Waals surface area contributed by atoms with E-state index in [-0.39, 0.29) is 5.75 Å². The fraction of sp³-hybridized carbons (Fsp3) is 1.00. The molecule has 0 amide bonds. The van der Waals surface area contributed by atoms with E-state index < -0.39 is 28.8 Å². The summed E-state index contributed by atoms with van der Waals surface area (Å²) in [6, 6.07) is 0. The lowest BCUT2D eigenvalue weighted by Crippen LogP contribution is -2.35. The van der Waals surface area contributed by atoms with E-state index in [0.29, 0.717) is 6.42 Å². The van der Waals surface area contributed by atoms with Crippen LogP contribution in [0.4, 0.5) is 0 Å². The number of hydrogen-bond acceptors (Lipinski definition) is 4. The van der Waals surface area contributed by atoms with Crippen molar-refractivity contribution in [1.82, 2.24) is 0 Å². The van der Waals surface area contributed by atoms with Crippen LogP contribution in [0.15, 0.2) is 0 Å². The summed E-state index contributed by atoms with van der Waals surface area (Å²) in [6.45, 7) is 2.15. The largest absolute Gasteiger partial charge is 0.540 e. The fourth-order valence-electron chi connectivity index (χ4n) is 0.747. The Morgan fingerprint density at radius 1 is 1.31 bits per heavy atom. The minimum absolute atomic E-state index is 0.0530. The Morgan fingerprint density at radius 2 is 1.77 bits per heavy atom. The van der Waals surface area contributed by atoms with Gasteiger partial charge in [0.25, 0.3) is 0 Å². The molecule has 0 spiro atoms. The Kier molecular flexibility index (Phi) is 4.83. The van der Waals surface area contributed by atoms with Gasteiger partial charge in [-0.1, -0.05) is 19.4 Å². The maximum Gasteiger partial charge on any atom is 0.0726 e. The second-order valence-electron chi connectivity index (χ2n) is 3.19. The van der Waals surface area contributed by atoms with E-state index in [9.17, 15) is 8.42 Å². The van der Waals surface area contributed by atoms with E-state index in [2.05, 4.69) is 4.72 Å². The van der Waals surface area contributed by atoms with Gasteiger partial charge in [-0.2, -0.15) is 0 Å². The van der Waals surface area contributed by atoms with Crippen molar-refractivity contribution in [2.75, 3.05) is 19.0 Å². The number of aliphatic hydroxyl groups excluding tert-OH is 2. The first kappa shape index (κ1) is 12.8. The smallest absolute Gasteiger partial charge is 0.0726 e. The molecular weight excluding hydrogens is 194 g/mol. The van der Waals surface area contributed by atoms with Gasteiger partial charge in [-0.25, -0.2) is 8.42 Å². The molecule has 0 aliphatic heterocycles. The summed E-state index contributed by atoms with van der Waals surface area (Å²) in [6.07, 6.45) is 0.471. The number of hydrogen-bond donors (Lipinski definition) is 2. The molecule has 0 aliphatic carbocycles. The Hall–Kier alpha value is -0.170. The van der Waals surface area contributed by atoms with Crippen molar-refractivity contribution in [1.29, 1.82) is 0 Å². The molecule has 0 unspecified atom stereocenters. The molecule has 0 aromatic heterocycles. The highest BCUT2D eigenvalue weighted by atomic mass is 32.2. The van der Waals surface area contributed by atoms with Gasteiger partial charge in [-0.3, -0.25) is 0 Å². The summed E-state index contributed by atoms with van der Waals surface area (Å²) in [5.74, 6) is -0.0530. The van der Waals surface area contributed by atoms with Gasteiger partial charge >= 0.3 is 0 Å². The Balaban J connectivity index is 4.40. The van der Waals surface area contributed by atoms with Crippen LogP contribution < -0.4 is 0 Å². The predicted octanol–water partition coefficient (Wildman–Crippen LogP) is -0.157. The lowest BCUT2D eigenvalue weighted by Gasteiger charge is -2.39. The molecule has 6 heteroatoms. The van der Waals surface area contributed by atoms with Crippen molar-refractivity contribution in [2.45, 2.75) is 25.8 Å². The maximum atomic E-state index is 11.2. The van der Waals surface area contributed by atoms with Gasteiger partial charge in [0.1, 0.15) is 0 Å². The van der Waals surface area contributed by atoms with Crippen molar-refractivity contribution in [3.05, 3.63) is 4.72 Å². The minimum Gasteiger partial charge on any atom is -0.540 e. The first-order valence-corrected chi connectivity index (χ1v) is 5.68. The Bertz CT molecular complexity index is 233. The molecule has 0 saturated heterocycles. The van der Waals surface area contributed by atoms with Crippen molar-refractivity contribution < 1.29 is 18.6 Å². The molecule has 0 atom stereocenters. The van der Waals surface area contributed by atoms with E-state index in [4.69, 9.17) is 10.2 Å². The van der Waals surface area contributed by atoms with E-state index in [1.807, 2.05) is 0 Å². The molecule has 0 saturated carbocycles. The van der Waals surface area contributed by atoms with Gasteiger partial charge in [-0.15, -0.1) is 0 Å². The van der Waals surface area contributed by atoms with Crippen molar-refractivity contribution in [3.63, 3.8) is 0 Å². The number of rotatable bonds is 6.